The zero-order chi connectivity index (χ0) is 25.5. The van der Waals surface area contributed by atoms with Crippen molar-refractivity contribution in [1.82, 2.24) is 10.3 Å². The summed E-state index contributed by atoms with van der Waals surface area (Å²) in [6, 6.07) is 24.9. The molecule has 1 aliphatic rings. The number of unbranched alkanes of at least 4 members (excludes halogenated alkanes) is 2. The van der Waals surface area contributed by atoms with E-state index < -0.39 is 5.41 Å². The summed E-state index contributed by atoms with van der Waals surface area (Å²) < 4.78 is 6.40. The van der Waals surface area contributed by atoms with Crippen LogP contribution < -0.4 is 10.1 Å². The Bertz CT molecular complexity index is 1270. The van der Waals surface area contributed by atoms with Crippen LogP contribution in [0.25, 0.3) is 11.1 Å². The largest absolute Gasteiger partial charge is 0.497 e. The lowest BCUT2D eigenvalue weighted by Crippen LogP contribution is -2.45. The fourth-order valence-corrected chi connectivity index (χ4v) is 7.03. The molecule has 0 unspecified atom stereocenters. The number of thioether (sulfide) groups is 1. The maximum Gasteiger partial charge on any atom is 0.235 e. The minimum atomic E-state index is -0.657. The van der Waals surface area contributed by atoms with E-state index in [1.165, 1.54) is 16.7 Å². The zero-order valence-corrected chi connectivity index (χ0v) is 22.7. The highest BCUT2D eigenvalue weighted by atomic mass is 32.2. The predicted molar refractivity (Wildman–Crippen MR) is 154 cm³/mol. The van der Waals surface area contributed by atoms with Crippen molar-refractivity contribution in [1.29, 1.82) is 0 Å². The highest BCUT2D eigenvalue weighted by Gasteiger charge is 2.48. The molecule has 0 spiro atoms. The molecule has 5 rings (SSSR count). The SMILES string of the molecule is COc1ccc(CCNC(=O)C2(CCCCCSc3nccs3)c3ccccc3-c3ccccc32)cc1. The molecule has 1 N–H and O–H groups in total. The van der Waals surface area contributed by atoms with Gasteiger partial charge in [-0.25, -0.2) is 4.98 Å². The molecule has 1 amide bonds. The van der Waals surface area contributed by atoms with E-state index in [0.717, 1.165) is 59.1 Å². The van der Waals surface area contributed by atoms with Gasteiger partial charge in [0.1, 0.15) is 15.5 Å². The monoisotopic (exact) mass is 528 g/mol. The van der Waals surface area contributed by atoms with Crippen LogP contribution in [0.1, 0.15) is 42.4 Å². The molecule has 1 heterocycles. The standard InChI is InChI=1S/C31H32N2O2S2/c1-35-24-15-13-23(14-16-24)17-19-32-29(34)31(18-7-2-8-21-36-30-33-20-22-37-30)27-11-5-3-9-25(27)26-10-4-6-12-28(26)31/h3-6,9-16,20,22H,2,7-8,17-19,21H2,1H3,(H,32,34). The van der Waals surface area contributed by atoms with Crippen LogP contribution in [0.3, 0.4) is 0 Å². The van der Waals surface area contributed by atoms with E-state index in [1.807, 2.05) is 35.5 Å². The van der Waals surface area contributed by atoms with Crippen molar-refractivity contribution in [2.75, 3.05) is 19.4 Å². The first-order chi connectivity index (χ1) is 18.2. The molecule has 3 aromatic carbocycles. The molecule has 0 aliphatic heterocycles. The number of thiazole rings is 1. The molecule has 6 heteroatoms. The van der Waals surface area contributed by atoms with E-state index in [0.29, 0.717) is 6.54 Å². The Morgan fingerprint density at radius 2 is 1.65 bits per heavy atom. The smallest absolute Gasteiger partial charge is 0.235 e. The highest BCUT2D eigenvalue weighted by molar-refractivity contribution is 8.00. The van der Waals surface area contributed by atoms with Gasteiger partial charge in [-0.3, -0.25) is 4.79 Å². The number of fused-ring (bicyclic) bond motifs is 3. The van der Waals surface area contributed by atoms with Crippen molar-refractivity contribution < 1.29 is 9.53 Å². The summed E-state index contributed by atoms with van der Waals surface area (Å²) in [4.78, 5) is 18.5. The zero-order valence-electron chi connectivity index (χ0n) is 21.1. The average Bonchev–Trinajstić information content (AvgIpc) is 3.56. The summed E-state index contributed by atoms with van der Waals surface area (Å²) in [6.45, 7) is 0.599. The number of rotatable bonds is 12. The first-order valence-electron chi connectivity index (χ1n) is 12.9. The first kappa shape index (κ1) is 25.6. The molecule has 37 heavy (non-hydrogen) atoms. The van der Waals surface area contributed by atoms with Crippen LogP contribution in [-0.2, 0) is 16.6 Å². The average molecular weight is 529 g/mol. The van der Waals surface area contributed by atoms with Gasteiger partial charge < -0.3 is 10.1 Å². The van der Waals surface area contributed by atoms with Crippen molar-refractivity contribution >= 4 is 29.0 Å². The molecule has 0 radical (unpaired) electrons. The lowest BCUT2D eigenvalue weighted by Gasteiger charge is -2.31. The Morgan fingerprint density at radius 3 is 2.30 bits per heavy atom. The van der Waals surface area contributed by atoms with E-state index in [-0.39, 0.29) is 5.91 Å². The Morgan fingerprint density at radius 1 is 0.946 bits per heavy atom. The molecule has 1 aromatic heterocycles. The second-order valence-electron chi connectivity index (χ2n) is 9.31. The highest BCUT2D eigenvalue weighted by Crippen LogP contribution is 2.51. The van der Waals surface area contributed by atoms with Crippen LogP contribution in [0, 0.1) is 0 Å². The minimum absolute atomic E-state index is 0.107. The number of nitrogens with zero attached hydrogens (tertiary/aromatic N) is 1. The summed E-state index contributed by atoms with van der Waals surface area (Å²) in [6.07, 6.45) is 6.64. The van der Waals surface area contributed by atoms with E-state index in [1.54, 1.807) is 18.4 Å². The summed E-state index contributed by atoms with van der Waals surface area (Å²) in [7, 11) is 1.67. The second-order valence-corrected chi connectivity index (χ2v) is 11.5. The van der Waals surface area contributed by atoms with E-state index in [2.05, 4.69) is 71.0 Å². The summed E-state index contributed by atoms with van der Waals surface area (Å²) in [5.41, 5.74) is 5.16. The fourth-order valence-electron chi connectivity index (χ4n) is 5.33. The quantitative estimate of drug-likeness (QED) is 0.157. The van der Waals surface area contributed by atoms with Gasteiger partial charge in [0.25, 0.3) is 0 Å². The second kappa shape index (κ2) is 12.0. The predicted octanol–water partition coefficient (Wildman–Crippen LogP) is 7.13. The summed E-state index contributed by atoms with van der Waals surface area (Å²) >= 11 is 3.52. The van der Waals surface area contributed by atoms with Gasteiger partial charge in [-0.05, 0) is 59.2 Å². The van der Waals surface area contributed by atoms with Crippen molar-refractivity contribution in [3.05, 3.63) is 101 Å². The number of aromatic nitrogens is 1. The molecule has 1 aliphatic carbocycles. The number of carbonyl (C=O) groups excluding carboxylic acids is 1. The molecular formula is C31H32N2O2S2. The van der Waals surface area contributed by atoms with E-state index in [9.17, 15) is 4.79 Å². The number of benzene rings is 3. The normalized spacial score (nSPS) is 13.1. The number of nitrogens with one attached hydrogen (secondary N) is 1. The third-order valence-electron chi connectivity index (χ3n) is 7.14. The van der Waals surface area contributed by atoms with Crippen molar-refractivity contribution in [2.24, 2.45) is 0 Å². The van der Waals surface area contributed by atoms with Crippen LogP contribution in [0.2, 0.25) is 0 Å². The third-order valence-corrected chi connectivity index (χ3v) is 9.19. The summed E-state index contributed by atoms with van der Waals surface area (Å²) in [5.74, 6) is 2.01. The van der Waals surface area contributed by atoms with Gasteiger partial charge in [0.05, 0.1) is 7.11 Å². The molecule has 4 aromatic rings. The Kier molecular flexibility index (Phi) is 8.27. The van der Waals surface area contributed by atoms with Crippen LogP contribution in [0.4, 0.5) is 0 Å². The molecule has 190 valence electrons. The summed E-state index contributed by atoms with van der Waals surface area (Å²) in [5, 5.41) is 5.34. The van der Waals surface area contributed by atoms with Gasteiger partial charge in [0.2, 0.25) is 5.91 Å². The number of hydrogen-bond acceptors (Lipinski definition) is 5. The van der Waals surface area contributed by atoms with Gasteiger partial charge in [0.15, 0.2) is 0 Å². The van der Waals surface area contributed by atoms with Gasteiger partial charge in [-0.1, -0.05) is 85.3 Å². The molecule has 0 saturated heterocycles. The van der Waals surface area contributed by atoms with Crippen LogP contribution in [0.5, 0.6) is 5.75 Å². The van der Waals surface area contributed by atoms with Gasteiger partial charge in [-0.15, -0.1) is 11.3 Å². The maximum atomic E-state index is 14.1. The maximum absolute atomic E-state index is 14.1. The Labute approximate surface area is 227 Å². The number of methoxy groups -OCH3 is 1. The Hall–Kier alpha value is -3.09. The number of amides is 1. The topological polar surface area (TPSA) is 51.2 Å². The number of hydrogen-bond donors (Lipinski definition) is 1. The Balaban J connectivity index is 1.31. The van der Waals surface area contributed by atoms with E-state index in [4.69, 9.17) is 4.74 Å². The van der Waals surface area contributed by atoms with Crippen molar-refractivity contribution in [3.8, 4) is 16.9 Å². The molecule has 0 bridgehead atoms. The lowest BCUT2D eigenvalue weighted by atomic mass is 9.73. The first-order valence-corrected chi connectivity index (χ1v) is 14.7. The van der Waals surface area contributed by atoms with Crippen molar-refractivity contribution in [2.45, 2.75) is 41.9 Å². The molecule has 0 fully saturated rings. The molecule has 0 saturated carbocycles. The molecule has 0 atom stereocenters. The van der Waals surface area contributed by atoms with Crippen molar-refractivity contribution in [3.63, 3.8) is 0 Å². The minimum Gasteiger partial charge on any atom is -0.497 e. The van der Waals surface area contributed by atoms with Gasteiger partial charge in [-0.2, -0.15) is 0 Å². The van der Waals surface area contributed by atoms with Gasteiger partial charge in [0, 0.05) is 23.9 Å². The lowest BCUT2D eigenvalue weighted by molar-refractivity contribution is -0.125. The number of carbonyl (C=O) groups is 1. The third kappa shape index (κ3) is 5.46. The molecule has 4 nitrogen and oxygen atoms in total. The van der Waals surface area contributed by atoms with Crippen LogP contribution in [-0.4, -0.2) is 30.3 Å². The number of ether oxygens (including phenoxy) is 1. The molecular weight excluding hydrogens is 496 g/mol. The van der Waals surface area contributed by atoms with Crippen LogP contribution >= 0.6 is 23.1 Å². The van der Waals surface area contributed by atoms with Crippen LogP contribution in [0.15, 0.2) is 88.7 Å². The van der Waals surface area contributed by atoms with E-state index >= 15 is 0 Å². The fraction of sp³-hybridized carbons (Fsp3) is 0.290. The van der Waals surface area contributed by atoms with Gasteiger partial charge >= 0.3 is 0 Å².